The Morgan fingerprint density at radius 1 is 1.28 bits per heavy atom. The van der Waals surface area contributed by atoms with Crippen molar-refractivity contribution >= 4 is 0 Å². The van der Waals surface area contributed by atoms with Gasteiger partial charge < -0.3 is 10.1 Å². The molecular weight excluding hydrogens is 222 g/mol. The molecule has 0 saturated carbocycles. The predicted octanol–water partition coefficient (Wildman–Crippen LogP) is 3.57. The van der Waals surface area contributed by atoms with E-state index in [0.29, 0.717) is 0 Å². The standard InChI is InChI=1S/C16H27NO/c1-6-9-17-12-16(3,4)11-14-10-13(2)7-8-15(14)18-5/h7-8,10,17H,6,9,11-12H2,1-5H3. The third-order valence-electron chi connectivity index (χ3n) is 3.14. The van der Waals surface area contributed by atoms with Gasteiger partial charge in [0.15, 0.2) is 0 Å². The zero-order valence-corrected chi connectivity index (χ0v) is 12.5. The maximum absolute atomic E-state index is 5.45. The summed E-state index contributed by atoms with van der Waals surface area (Å²) >= 11 is 0. The normalized spacial score (nSPS) is 11.6. The number of hydrogen-bond acceptors (Lipinski definition) is 2. The Hall–Kier alpha value is -1.02. The zero-order valence-electron chi connectivity index (χ0n) is 12.5. The molecule has 2 heteroatoms. The number of rotatable bonds is 7. The van der Waals surface area contributed by atoms with E-state index in [0.717, 1.165) is 25.3 Å². The summed E-state index contributed by atoms with van der Waals surface area (Å²) in [5, 5.41) is 3.51. The molecular formula is C16H27NO. The van der Waals surface area contributed by atoms with Crippen LogP contribution >= 0.6 is 0 Å². The molecule has 0 atom stereocenters. The highest BCUT2D eigenvalue weighted by molar-refractivity contribution is 5.37. The van der Waals surface area contributed by atoms with E-state index in [9.17, 15) is 0 Å². The highest BCUT2D eigenvalue weighted by atomic mass is 16.5. The average molecular weight is 249 g/mol. The summed E-state index contributed by atoms with van der Waals surface area (Å²) in [5.41, 5.74) is 2.85. The molecule has 0 amide bonds. The highest BCUT2D eigenvalue weighted by Crippen LogP contribution is 2.28. The maximum Gasteiger partial charge on any atom is 0.122 e. The molecule has 0 heterocycles. The SMILES string of the molecule is CCCNCC(C)(C)Cc1cc(C)ccc1OC. The van der Waals surface area contributed by atoms with Crippen LogP contribution in [0.2, 0.25) is 0 Å². The van der Waals surface area contributed by atoms with Crippen molar-refractivity contribution in [3.8, 4) is 5.75 Å². The van der Waals surface area contributed by atoms with Gasteiger partial charge in [0.05, 0.1) is 7.11 Å². The minimum Gasteiger partial charge on any atom is -0.496 e. The molecule has 1 aromatic carbocycles. The Bertz CT molecular complexity index is 371. The first-order valence-corrected chi connectivity index (χ1v) is 6.83. The largest absolute Gasteiger partial charge is 0.496 e. The van der Waals surface area contributed by atoms with Crippen molar-refractivity contribution < 1.29 is 4.74 Å². The van der Waals surface area contributed by atoms with E-state index < -0.39 is 0 Å². The van der Waals surface area contributed by atoms with E-state index in [1.54, 1.807) is 7.11 Å². The molecule has 1 aromatic rings. The van der Waals surface area contributed by atoms with Crippen LogP contribution in [0.3, 0.4) is 0 Å². The topological polar surface area (TPSA) is 21.3 Å². The van der Waals surface area contributed by atoms with Crippen molar-refractivity contribution in [1.29, 1.82) is 0 Å². The smallest absolute Gasteiger partial charge is 0.122 e. The van der Waals surface area contributed by atoms with Gasteiger partial charge >= 0.3 is 0 Å². The first kappa shape index (κ1) is 15.0. The van der Waals surface area contributed by atoms with Crippen molar-refractivity contribution in [2.75, 3.05) is 20.2 Å². The molecule has 0 aliphatic rings. The Kier molecular flexibility index (Phi) is 5.67. The lowest BCUT2D eigenvalue weighted by molar-refractivity contribution is 0.329. The Labute approximate surface area is 112 Å². The molecule has 1 N–H and O–H groups in total. The van der Waals surface area contributed by atoms with Crippen molar-refractivity contribution in [3.05, 3.63) is 29.3 Å². The van der Waals surface area contributed by atoms with E-state index in [1.807, 2.05) is 0 Å². The van der Waals surface area contributed by atoms with Gasteiger partial charge in [-0.2, -0.15) is 0 Å². The summed E-state index contributed by atoms with van der Waals surface area (Å²) in [4.78, 5) is 0. The highest BCUT2D eigenvalue weighted by Gasteiger charge is 2.20. The number of methoxy groups -OCH3 is 1. The first-order chi connectivity index (χ1) is 8.48. The quantitative estimate of drug-likeness (QED) is 0.746. The Morgan fingerprint density at radius 3 is 2.61 bits per heavy atom. The predicted molar refractivity (Wildman–Crippen MR) is 78.4 cm³/mol. The summed E-state index contributed by atoms with van der Waals surface area (Å²) in [6.07, 6.45) is 2.22. The van der Waals surface area contributed by atoms with Crippen molar-refractivity contribution in [2.24, 2.45) is 5.41 Å². The molecule has 0 aromatic heterocycles. The van der Waals surface area contributed by atoms with Gasteiger partial charge in [0.2, 0.25) is 0 Å². The lowest BCUT2D eigenvalue weighted by atomic mass is 9.85. The van der Waals surface area contributed by atoms with Crippen LogP contribution in [0.4, 0.5) is 0 Å². The molecule has 0 aliphatic heterocycles. The van der Waals surface area contributed by atoms with Crippen LogP contribution in [0, 0.1) is 12.3 Å². The van der Waals surface area contributed by atoms with E-state index >= 15 is 0 Å². The maximum atomic E-state index is 5.45. The second kappa shape index (κ2) is 6.79. The minimum absolute atomic E-state index is 0.246. The number of ether oxygens (including phenoxy) is 1. The van der Waals surface area contributed by atoms with Gasteiger partial charge in [0, 0.05) is 6.54 Å². The van der Waals surface area contributed by atoms with Gasteiger partial charge in [-0.1, -0.05) is 38.5 Å². The fraction of sp³-hybridized carbons (Fsp3) is 0.625. The van der Waals surface area contributed by atoms with Crippen LogP contribution in [0.15, 0.2) is 18.2 Å². The average Bonchev–Trinajstić information content (AvgIpc) is 2.29. The van der Waals surface area contributed by atoms with Crippen LogP contribution in [-0.4, -0.2) is 20.2 Å². The molecule has 102 valence electrons. The van der Waals surface area contributed by atoms with Gasteiger partial charge in [-0.05, 0) is 43.4 Å². The molecule has 2 nitrogen and oxygen atoms in total. The van der Waals surface area contributed by atoms with E-state index in [1.165, 1.54) is 17.5 Å². The number of hydrogen-bond donors (Lipinski definition) is 1. The number of benzene rings is 1. The molecule has 0 bridgehead atoms. The molecule has 0 unspecified atom stereocenters. The van der Waals surface area contributed by atoms with E-state index in [-0.39, 0.29) is 5.41 Å². The second-order valence-electron chi connectivity index (χ2n) is 5.83. The van der Waals surface area contributed by atoms with Crippen LogP contribution in [0.1, 0.15) is 38.3 Å². The molecule has 0 fully saturated rings. The molecule has 1 rings (SSSR count). The first-order valence-electron chi connectivity index (χ1n) is 6.83. The van der Waals surface area contributed by atoms with Crippen LogP contribution in [-0.2, 0) is 6.42 Å². The van der Waals surface area contributed by atoms with Crippen LogP contribution in [0.25, 0.3) is 0 Å². The zero-order chi connectivity index (χ0) is 13.6. The summed E-state index contributed by atoms with van der Waals surface area (Å²) in [6.45, 7) is 11.1. The molecule has 18 heavy (non-hydrogen) atoms. The summed E-state index contributed by atoms with van der Waals surface area (Å²) in [5.74, 6) is 1.00. The van der Waals surface area contributed by atoms with Crippen molar-refractivity contribution in [2.45, 2.75) is 40.5 Å². The van der Waals surface area contributed by atoms with Gasteiger partial charge in [-0.3, -0.25) is 0 Å². The Balaban J connectivity index is 2.72. The fourth-order valence-electron chi connectivity index (χ4n) is 2.23. The molecule has 0 spiro atoms. The van der Waals surface area contributed by atoms with Gasteiger partial charge in [0.1, 0.15) is 5.75 Å². The summed E-state index contributed by atoms with van der Waals surface area (Å²) < 4.78 is 5.45. The van der Waals surface area contributed by atoms with Crippen molar-refractivity contribution in [3.63, 3.8) is 0 Å². The van der Waals surface area contributed by atoms with Crippen molar-refractivity contribution in [1.82, 2.24) is 5.32 Å². The van der Waals surface area contributed by atoms with E-state index in [4.69, 9.17) is 4.74 Å². The third-order valence-corrected chi connectivity index (χ3v) is 3.14. The number of nitrogens with one attached hydrogen (secondary N) is 1. The molecule has 0 radical (unpaired) electrons. The Morgan fingerprint density at radius 2 is 2.00 bits per heavy atom. The number of aryl methyl sites for hydroxylation is 1. The monoisotopic (exact) mass is 249 g/mol. The lowest BCUT2D eigenvalue weighted by Crippen LogP contribution is -2.31. The fourth-order valence-corrected chi connectivity index (χ4v) is 2.23. The van der Waals surface area contributed by atoms with Gasteiger partial charge in [-0.15, -0.1) is 0 Å². The van der Waals surface area contributed by atoms with Gasteiger partial charge in [-0.25, -0.2) is 0 Å². The summed E-state index contributed by atoms with van der Waals surface area (Å²) in [6, 6.07) is 6.41. The third kappa shape index (κ3) is 4.69. The van der Waals surface area contributed by atoms with E-state index in [2.05, 4.69) is 51.2 Å². The molecule has 0 aliphatic carbocycles. The molecule has 0 saturated heterocycles. The van der Waals surface area contributed by atoms with Gasteiger partial charge in [0.25, 0.3) is 0 Å². The lowest BCUT2D eigenvalue weighted by Gasteiger charge is -2.26. The van der Waals surface area contributed by atoms with Crippen LogP contribution in [0.5, 0.6) is 5.75 Å². The van der Waals surface area contributed by atoms with Crippen LogP contribution < -0.4 is 10.1 Å². The summed E-state index contributed by atoms with van der Waals surface area (Å²) in [7, 11) is 1.75. The minimum atomic E-state index is 0.246. The second-order valence-corrected chi connectivity index (χ2v) is 5.83.